The van der Waals surface area contributed by atoms with E-state index in [0.717, 1.165) is 13.1 Å². The van der Waals surface area contributed by atoms with E-state index in [0.29, 0.717) is 13.1 Å². The lowest BCUT2D eigenvalue weighted by Gasteiger charge is -2.35. The van der Waals surface area contributed by atoms with Gasteiger partial charge in [-0.15, -0.1) is 0 Å². The zero-order valence-electron chi connectivity index (χ0n) is 10.7. The number of carbonyl (C=O) groups is 2. The van der Waals surface area contributed by atoms with Crippen molar-refractivity contribution < 1.29 is 14.7 Å². The molecular weight excluding hydrogens is 222 g/mol. The van der Waals surface area contributed by atoms with Crippen molar-refractivity contribution in [2.45, 2.75) is 26.3 Å². The first-order valence-corrected chi connectivity index (χ1v) is 5.81. The van der Waals surface area contributed by atoms with Crippen LogP contribution >= 0.6 is 0 Å². The maximum absolute atomic E-state index is 12.0. The highest BCUT2D eigenvalue weighted by molar-refractivity contribution is 5.82. The number of hydrogen-bond donors (Lipinski definition) is 2. The molecule has 2 N–H and O–H groups in total. The number of piperazine rings is 1. The van der Waals surface area contributed by atoms with Crippen LogP contribution in [0.2, 0.25) is 0 Å². The van der Waals surface area contributed by atoms with Gasteiger partial charge in [0.2, 0.25) is 5.91 Å². The van der Waals surface area contributed by atoms with Gasteiger partial charge in [-0.3, -0.25) is 9.69 Å². The molecule has 0 saturated carbocycles. The van der Waals surface area contributed by atoms with E-state index < -0.39 is 11.6 Å². The van der Waals surface area contributed by atoms with Crippen molar-refractivity contribution in [2.75, 3.05) is 32.7 Å². The van der Waals surface area contributed by atoms with Gasteiger partial charge in [-0.25, -0.2) is 4.79 Å². The second-order valence-corrected chi connectivity index (χ2v) is 5.17. The van der Waals surface area contributed by atoms with Crippen molar-refractivity contribution in [3.63, 3.8) is 0 Å². The molecule has 0 atom stereocenters. The molecular formula is C11H21N3O3. The number of nitrogens with zero attached hydrogens (tertiary/aromatic N) is 2. The molecule has 6 heteroatoms. The summed E-state index contributed by atoms with van der Waals surface area (Å²) in [6.07, 6.45) is -1.05. The summed E-state index contributed by atoms with van der Waals surface area (Å²) in [5.41, 5.74) is -0.560. The molecule has 0 unspecified atom stereocenters. The Balaban J connectivity index is 2.60. The van der Waals surface area contributed by atoms with Crippen molar-refractivity contribution >= 4 is 12.0 Å². The molecule has 0 aromatic rings. The van der Waals surface area contributed by atoms with Crippen molar-refractivity contribution in [1.82, 2.24) is 15.1 Å². The molecule has 2 amide bonds. The lowest BCUT2D eigenvalue weighted by atomic mass is 10.1. The summed E-state index contributed by atoms with van der Waals surface area (Å²) in [4.78, 5) is 25.9. The Morgan fingerprint density at radius 2 is 1.82 bits per heavy atom. The molecule has 17 heavy (non-hydrogen) atoms. The third-order valence-electron chi connectivity index (χ3n) is 2.80. The van der Waals surface area contributed by atoms with E-state index in [1.54, 1.807) is 25.7 Å². The average molecular weight is 243 g/mol. The predicted octanol–water partition coefficient (Wildman–Crippen LogP) is 0.197. The highest BCUT2D eigenvalue weighted by atomic mass is 16.4. The number of hydrogen-bond acceptors (Lipinski definition) is 3. The fourth-order valence-corrected chi connectivity index (χ4v) is 1.74. The summed E-state index contributed by atoms with van der Waals surface area (Å²) < 4.78 is 0. The molecule has 6 nitrogen and oxygen atoms in total. The van der Waals surface area contributed by atoms with Crippen LogP contribution in [-0.4, -0.2) is 65.2 Å². The number of carbonyl (C=O) groups excluding carboxylic acids is 1. The van der Waals surface area contributed by atoms with E-state index in [4.69, 9.17) is 5.11 Å². The fraction of sp³-hybridized carbons (Fsp3) is 0.818. The monoisotopic (exact) mass is 243 g/mol. The Morgan fingerprint density at radius 1 is 1.29 bits per heavy atom. The van der Waals surface area contributed by atoms with Crippen LogP contribution in [0.15, 0.2) is 0 Å². The Morgan fingerprint density at radius 3 is 2.24 bits per heavy atom. The molecule has 1 fully saturated rings. The van der Waals surface area contributed by atoms with Gasteiger partial charge in [-0.05, 0) is 20.8 Å². The van der Waals surface area contributed by atoms with E-state index >= 15 is 0 Å². The van der Waals surface area contributed by atoms with Gasteiger partial charge >= 0.3 is 6.09 Å². The minimum atomic E-state index is -1.05. The maximum Gasteiger partial charge on any atom is 0.408 e. The second-order valence-electron chi connectivity index (χ2n) is 5.17. The number of nitrogens with one attached hydrogen (secondary N) is 1. The first-order chi connectivity index (χ1) is 7.82. The zero-order chi connectivity index (χ0) is 13.1. The zero-order valence-corrected chi connectivity index (χ0v) is 10.7. The van der Waals surface area contributed by atoms with Crippen LogP contribution in [0.5, 0.6) is 0 Å². The lowest BCUT2D eigenvalue weighted by molar-refractivity contribution is -0.133. The number of rotatable bonds is 2. The van der Waals surface area contributed by atoms with Crippen LogP contribution in [0.4, 0.5) is 4.79 Å². The summed E-state index contributed by atoms with van der Waals surface area (Å²) in [6.45, 7) is 8.12. The number of amides is 2. The van der Waals surface area contributed by atoms with Crippen LogP contribution in [0.25, 0.3) is 0 Å². The fourth-order valence-electron chi connectivity index (χ4n) is 1.74. The van der Waals surface area contributed by atoms with E-state index in [9.17, 15) is 9.59 Å². The Hall–Kier alpha value is -1.30. The maximum atomic E-state index is 12.0. The summed E-state index contributed by atoms with van der Waals surface area (Å²) >= 11 is 0. The average Bonchev–Trinajstić information content (AvgIpc) is 2.24. The first kappa shape index (κ1) is 13.8. The first-order valence-electron chi connectivity index (χ1n) is 5.81. The van der Waals surface area contributed by atoms with Gasteiger partial charge in [-0.1, -0.05) is 0 Å². The third-order valence-corrected chi connectivity index (χ3v) is 2.80. The van der Waals surface area contributed by atoms with Crippen molar-refractivity contribution in [2.24, 2.45) is 0 Å². The van der Waals surface area contributed by atoms with Gasteiger partial charge in [0.1, 0.15) is 6.54 Å². The number of carboxylic acid groups (broad SMARTS) is 1. The summed E-state index contributed by atoms with van der Waals surface area (Å²) in [7, 11) is 0. The van der Waals surface area contributed by atoms with E-state index in [1.165, 1.54) is 4.90 Å². The largest absolute Gasteiger partial charge is 0.465 e. The molecule has 0 bridgehead atoms. The topological polar surface area (TPSA) is 72.9 Å². The van der Waals surface area contributed by atoms with Crippen molar-refractivity contribution in [1.29, 1.82) is 0 Å². The lowest BCUT2D eigenvalue weighted by Crippen LogP contribution is -2.53. The van der Waals surface area contributed by atoms with Gasteiger partial charge in [0, 0.05) is 31.7 Å². The predicted molar refractivity (Wildman–Crippen MR) is 63.9 cm³/mol. The van der Waals surface area contributed by atoms with Crippen LogP contribution in [0.3, 0.4) is 0 Å². The van der Waals surface area contributed by atoms with E-state index in [-0.39, 0.29) is 12.5 Å². The summed E-state index contributed by atoms with van der Waals surface area (Å²) in [5.74, 6) is -0.121. The molecule has 1 aliphatic heterocycles. The molecule has 0 aliphatic carbocycles. The molecule has 98 valence electrons. The Labute approximate surface area is 102 Å². The molecule has 0 aromatic heterocycles. The molecule has 1 rings (SSSR count). The van der Waals surface area contributed by atoms with Gasteiger partial charge in [0.05, 0.1) is 0 Å². The van der Waals surface area contributed by atoms with Crippen LogP contribution < -0.4 is 5.32 Å². The summed E-state index contributed by atoms with van der Waals surface area (Å²) in [5, 5.41) is 12.3. The third kappa shape index (κ3) is 3.89. The van der Waals surface area contributed by atoms with Crippen LogP contribution in [0.1, 0.15) is 20.8 Å². The Bertz CT molecular complexity index is 293. The Kier molecular flexibility index (Phi) is 4.34. The van der Waals surface area contributed by atoms with Gasteiger partial charge < -0.3 is 15.3 Å². The molecule has 0 spiro atoms. The molecule has 1 saturated heterocycles. The van der Waals surface area contributed by atoms with Crippen LogP contribution in [0, 0.1) is 0 Å². The van der Waals surface area contributed by atoms with Gasteiger partial charge in [-0.2, -0.15) is 0 Å². The smallest absolute Gasteiger partial charge is 0.408 e. The van der Waals surface area contributed by atoms with Gasteiger partial charge in [0.25, 0.3) is 0 Å². The standard InChI is InChI=1S/C11H21N3O3/c1-11(2,3)14(10(16)17)8-9(15)13-6-4-12-5-7-13/h12H,4-8H2,1-3H3,(H,16,17). The van der Waals surface area contributed by atoms with Crippen molar-refractivity contribution in [3.8, 4) is 0 Å². The minimum Gasteiger partial charge on any atom is -0.465 e. The van der Waals surface area contributed by atoms with E-state index in [2.05, 4.69) is 5.32 Å². The molecule has 0 radical (unpaired) electrons. The SMILES string of the molecule is CC(C)(C)N(CC(=O)N1CCNCC1)C(=O)O. The highest BCUT2D eigenvalue weighted by Gasteiger charge is 2.30. The minimum absolute atomic E-state index is 0.0706. The van der Waals surface area contributed by atoms with Gasteiger partial charge in [0.15, 0.2) is 0 Å². The van der Waals surface area contributed by atoms with E-state index in [1.807, 2.05) is 0 Å². The summed E-state index contributed by atoms with van der Waals surface area (Å²) in [6, 6.07) is 0. The second kappa shape index (κ2) is 5.35. The molecule has 0 aromatic carbocycles. The normalized spacial score (nSPS) is 16.8. The van der Waals surface area contributed by atoms with Crippen molar-refractivity contribution in [3.05, 3.63) is 0 Å². The quantitative estimate of drug-likeness (QED) is 0.726. The van der Waals surface area contributed by atoms with Crippen LogP contribution in [-0.2, 0) is 4.79 Å². The highest BCUT2D eigenvalue weighted by Crippen LogP contribution is 2.13. The molecule has 1 heterocycles. The molecule has 1 aliphatic rings.